The van der Waals surface area contributed by atoms with E-state index in [-0.39, 0.29) is 11.7 Å². The van der Waals surface area contributed by atoms with Gasteiger partial charge in [-0.05, 0) is 25.0 Å². The van der Waals surface area contributed by atoms with Gasteiger partial charge in [-0.1, -0.05) is 13.8 Å². The lowest BCUT2D eigenvalue weighted by Gasteiger charge is -2.11. The Morgan fingerprint density at radius 2 is 1.93 bits per heavy atom. The lowest BCUT2D eigenvalue weighted by molar-refractivity contribution is -0.137. The molecule has 0 aliphatic heterocycles. The first-order valence-electron chi connectivity index (χ1n) is 8.58. The zero-order valence-corrected chi connectivity index (χ0v) is 15.5. The summed E-state index contributed by atoms with van der Waals surface area (Å²) in [4.78, 5) is 16.4. The van der Waals surface area contributed by atoms with Crippen LogP contribution < -0.4 is 5.32 Å². The Labute approximate surface area is 159 Å². The Balaban J connectivity index is 1.81. The summed E-state index contributed by atoms with van der Waals surface area (Å²) in [7, 11) is 0. The standard InChI is InChI=1S/C18H19F3N6O/c1-11(2)10-26-16(6-7-23-26)25-17(28)14-9-24-27(12(14)3)15-5-4-13(8-22-15)18(19,20)21/h4-9,11H,10H2,1-3H3,(H,25,28). The number of anilines is 1. The number of alkyl halides is 3. The second-order valence-electron chi connectivity index (χ2n) is 6.70. The van der Waals surface area contributed by atoms with Crippen LogP contribution in [0.2, 0.25) is 0 Å². The fraction of sp³-hybridized carbons (Fsp3) is 0.333. The van der Waals surface area contributed by atoms with Crippen molar-refractivity contribution in [2.45, 2.75) is 33.5 Å². The number of rotatable bonds is 5. The summed E-state index contributed by atoms with van der Waals surface area (Å²) < 4.78 is 41.1. The second-order valence-corrected chi connectivity index (χ2v) is 6.70. The van der Waals surface area contributed by atoms with Crippen molar-refractivity contribution in [1.29, 1.82) is 0 Å². The molecule has 1 N–H and O–H groups in total. The van der Waals surface area contributed by atoms with E-state index in [0.717, 1.165) is 12.3 Å². The minimum Gasteiger partial charge on any atom is -0.307 e. The third-order valence-electron chi connectivity index (χ3n) is 4.04. The van der Waals surface area contributed by atoms with Crippen molar-refractivity contribution >= 4 is 11.7 Å². The number of halogens is 3. The van der Waals surface area contributed by atoms with Crippen LogP contribution in [0.5, 0.6) is 0 Å². The van der Waals surface area contributed by atoms with Gasteiger partial charge in [0.05, 0.1) is 29.2 Å². The zero-order valence-electron chi connectivity index (χ0n) is 15.5. The van der Waals surface area contributed by atoms with Crippen LogP contribution in [0, 0.1) is 12.8 Å². The third kappa shape index (κ3) is 4.05. The summed E-state index contributed by atoms with van der Waals surface area (Å²) in [6, 6.07) is 3.83. The van der Waals surface area contributed by atoms with E-state index in [0.29, 0.717) is 29.5 Å². The van der Waals surface area contributed by atoms with E-state index in [4.69, 9.17) is 0 Å². The van der Waals surface area contributed by atoms with Crippen molar-refractivity contribution in [2.75, 3.05) is 5.32 Å². The van der Waals surface area contributed by atoms with Gasteiger partial charge in [0.2, 0.25) is 0 Å². The Kier molecular flexibility index (Phi) is 5.21. The molecular formula is C18H19F3N6O. The van der Waals surface area contributed by atoms with Crippen molar-refractivity contribution in [2.24, 2.45) is 5.92 Å². The first kappa shape index (κ1) is 19.6. The van der Waals surface area contributed by atoms with Crippen molar-refractivity contribution in [3.05, 3.63) is 53.6 Å². The highest BCUT2D eigenvalue weighted by atomic mass is 19.4. The molecule has 3 rings (SSSR count). The van der Waals surface area contributed by atoms with Gasteiger partial charge < -0.3 is 5.32 Å². The smallest absolute Gasteiger partial charge is 0.307 e. The van der Waals surface area contributed by atoms with Crippen molar-refractivity contribution in [1.82, 2.24) is 24.5 Å². The van der Waals surface area contributed by atoms with Crippen molar-refractivity contribution < 1.29 is 18.0 Å². The highest BCUT2D eigenvalue weighted by molar-refractivity contribution is 6.04. The minimum atomic E-state index is -4.46. The second kappa shape index (κ2) is 7.45. The molecule has 0 bridgehead atoms. The predicted octanol–water partition coefficient (Wildman–Crippen LogP) is 3.70. The summed E-state index contributed by atoms with van der Waals surface area (Å²) >= 11 is 0. The van der Waals surface area contributed by atoms with Gasteiger partial charge in [-0.2, -0.15) is 23.4 Å². The molecule has 0 spiro atoms. The Morgan fingerprint density at radius 3 is 2.54 bits per heavy atom. The monoisotopic (exact) mass is 392 g/mol. The number of carbonyl (C=O) groups excluding carboxylic acids is 1. The molecule has 7 nitrogen and oxygen atoms in total. The Morgan fingerprint density at radius 1 is 1.18 bits per heavy atom. The van der Waals surface area contributed by atoms with E-state index in [1.165, 1.54) is 16.9 Å². The fourth-order valence-corrected chi connectivity index (χ4v) is 2.66. The molecule has 28 heavy (non-hydrogen) atoms. The highest BCUT2D eigenvalue weighted by Gasteiger charge is 2.30. The van der Waals surface area contributed by atoms with Crippen LogP contribution in [0.25, 0.3) is 5.82 Å². The molecule has 1 amide bonds. The molecule has 0 unspecified atom stereocenters. The molecule has 10 heteroatoms. The zero-order chi connectivity index (χ0) is 20.5. The van der Waals surface area contributed by atoms with Crippen LogP contribution in [-0.4, -0.2) is 30.5 Å². The third-order valence-corrected chi connectivity index (χ3v) is 4.04. The molecule has 148 valence electrons. The van der Waals surface area contributed by atoms with Crippen LogP contribution >= 0.6 is 0 Å². The number of nitrogens with one attached hydrogen (secondary N) is 1. The number of hydrogen-bond acceptors (Lipinski definition) is 4. The summed E-state index contributed by atoms with van der Waals surface area (Å²) in [6.07, 6.45) is -0.775. The maximum Gasteiger partial charge on any atom is 0.417 e. The van der Waals surface area contributed by atoms with Gasteiger partial charge in [-0.25, -0.2) is 14.3 Å². The van der Waals surface area contributed by atoms with Crippen LogP contribution in [-0.2, 0) is 12.7 Å². The largest absolute Gasteiger partial charge is 0.417 e. The maximum atomic E-state index is 12.7. The average molecular weight is 392 g/mol. The van der Waals surface area contributed by atoms with Crippen LogP contribution in [0.15, 0.2) is 36.8 Å². The normalized spacial score (nSPS) is 11.8. The van der Waals surface area contributed by atoms with Crippen LogP contribution in [0.3, 0.4) is 0 Å². The topological polar surface area (TPSA) is 77.6 Å². The minimum absolute atomic E-state index is 0.189. The molecule has 3 aromatic heterocycles. The number of pyridine rings is 1. The summed E-state index contributed by atoms with van der Waals surface area (Å²) in [5, 5.41) is 11.1. The number of nitrogens with zero attached hydrogens (tertiary/aromatic N) is 5. The van der Waals surface area contributed by atoms with E-state index >= 15 is 0 Å². The molecule has 0 aromatic carbocycles. The van der Waals surface area contributed by atoms with Gasteiger partial charge in [0.25, 0.3) is 5.91 Å². The average Bonchev–Trinajstić information content (AvgIpc) is 3.20. The van der Waals surface area contributed by atoms with E-state index in [2.05, 4.69) is 20.5 Å². The molecule has 3 aromatic rings. The number of amides is 1. The van der Waals surface area contributed by atoms with Gasteiger partial charge in [0, 0.05) is 18.8 Å². The highest BCUT2D eigenvalue weighted by Crippen LogP contribution is 2.28. The molecule has 0 fully saturated rings. The van der Waals surface area contributed by atoms with E-state index in [1.807, 2.05) is 13.8 Å². The first-order chi connectivity index (χ1) is 13.2. The van der Waals surface area contributed by atoms with Gasteiger partial charge in [0.1, 0.15) is 5.82 Å². The molecular weight excluding hydrogens is 373 g/mol. The van der Waals surface area contributed by atoms with Gasteiger partial charge in [0.15, 0.2) is 5.82 Å². The molecule has 0 aliphatic rings. The predicted molar refractivity (Wildman–Crippen MR) is 96.1 cm³/mol. The Hall–Kier alpha value is -3.17. The molecule has 0 saturated carbocycles. The SMILES string of the molecule is Cc1c(C(=O)Nc2ccnn2CC(C)C)cnn1-c1ccc(C(F)(F)F)cn1. The molecule has 0 aliphatic carbocycles. The summed E-state index contributed by atoms with van der Waals surface area (Å²) in [6.45, 7) is 6.38. The number of carbonyl (C=O) groups is 1. The van der Waals surface area contributed by atoms with Gasteiger partial charge in [-0.15, -0.1) is 0 Å². The quantitative estimate of drug-likeness (QED) is 0.718. The molecule has 0 saturated heterocycles. The van der Waals surface area contributed by atoms with Gasteiger partial charge in [-0.3, -0.25) is 4.79 Å². The molecule has 0 atom stereocenters. The van der Waals surface area contributed by atoms with Crippen molar-refractivity contribution in [3.63, 3.8) is 0 Å². The van der Waals surface area contributed by atoms with Crippen LogP contribution in [0.1, 0.15) is 35.5 Å². The van der Waals surface area contributed by atoms with Crippen LogP contribution in [0.4, 0.5) is 19.0 Å². The molecule has 0 radical (unpaired) electrons. The fourth-order valence-electron chi connectivity index (χ4n) is 2.66. The van der Waals surface area contributed by atoms with E-state index in [9.17, 15) is 18.0 Å². The summed E-state index contributed by atoms with van der Waals surface area (Å²) in [5.74, 6) is 0.708. The lowest BCUT2D eigenvalue weighted by Crippen LogP contribution is -2.18. The maximum absolute atomic E-state index is 12.7. The summed E-state index contributed by atoms with van der Waals surface area (Å²) in [5.41, 5.74) is -0.101. The van der Waals surface area contributed by atoms with Crippen molar-refractivity contribution in [3.8, 4) is 5.82 Å². The number of aromatic nitrogens is 5. The first-order valence-corrected chi connectivity index (χ1v) is 8.58. The molecule has 3 heterocycles. The Bertz CT molecular complexity index is 972. The van der Waals surface area contributed by atoms with Gasteiger partial charge >= 0.3 is 6.18 Å². The lowest BCUT2D eigenvalue weighted by atomic mass is 10.2. The van der Waals surface area contributed by atoms with E-state index < -0.39 is 11.7 Å². The van der Waals surface area contributed by atoms with E-state index in [1.54, 1.807) is 23.9 Å². The number of hydrogen-bond donors (Lipinski definition) is 1.